The molecule has 1 aliphatic carbocycles. The van der Waals surface area contributed by atoms with Gasteiger partial charge in [-0.05, 0) is 80.5 Å². The number of nitrogens with two attached hydrogens (primary N) is 1. The number of nitro benzene ring substituents is 3. The highest BCUT2D eigenvalue weighted by atomic mass is 16.6. The molecule has 0 fully saturated rings. The van der Waals surface area contributed by atoms with Crippen molar-refractivity contribution in [1.29, 1.82) is 0 Å². The largest absolute Gasteiger partial charge is 0.493 e. The zero-order valence-electron chi connectivity index (χ0n) is 61.7. The zero-order valence-corrected chi connectivity index (χ0v) is 61.7. The van der Waals surface area contributed by atoms with E-state index in [0.29, 0.717) is 6.42 Å². The van der Waals surface area contributed by atoms with Gasteiger partial charge in [-0.15, -0.1) is 0 Å². The van der Waals surface area contributed by atoms with Crippen LogP contribution in [-0.2, 0) is 62.0 Å². The van der Waals surface area contributed by atoms with Crippen molar-refractivity contribution in [3.63, 3.8) is 0 Å². The lowest BCUT2D eigenvalue weighted by atomic mass is 9.98. The molecule has 0 saturated carbocycles. The first-order valence-corrected chi connectivity index (χ1v) is 34.9. The van der Waals surface area contributed by atoms with Crippen molar-refractivity contribution < 1.29 is 110 Å². The molecule has 5 aromatic rings. The molecular weight excluding hydrogens is 1450 g/mol. The SMILES string of the molecule is COc1cc(C(C)NC(=O)COCCOCCNC(=O)CCCOc2cc([N+](=O)[O-])c(C(C)NC(=O)COCCOCCNC(=O)CCCOc3cc([N+](=O)[O-])c(C(C)NC(=O)CNC(=O)CNC(=O)CNC(=O)OCC4c5ccccc5-c5ccccc54)cc3OC)cc2OC)c([N+](=O)[O-])cc1OCCCC(N)=O. The molecule has 0 aromatic heterocycles. The highest BCUT2D eigenvalue weighted by Gasteiger charge is 2.31. The molecule has 3 atom stereocenters. The molecule has 6 rings (SSSR count). The molecule has 3 unspecified atom stereocenters. The van der Waals surface area contributed by atoms with Gasteiger partial charge < -0.3 is 100 Å². The highest BCUT2D eigenvalue weighted by Crippen LogP contribution is 2.45. The van der Waals surface area contributed by atoms with Gasteiger partial charge in [-0.1, -0.05) is 48.5 Å². The van der Waals surface area contributed by atoms with Crippen molar-refractivity contribution in [2.75, 3.05) is 133 Å². The van der Waals surface area contributed by atoms with Gasteiger partial charge in [0, 0.05) is 38.3 Å². The van der Waals surface area contributed by atoms with Crippen LogP contribution >= 0.6 is 0 Å². The number of fused-ring (bicyclic) bond motifs is 3. The normalized spacial score (nSPS) is 12.1. The number of nitrogens with zero attached hydrogens (tertiary/aromatic N) is 3. The first-order valence-electron chi connectivity index (χ1n) is 34.9. The number of alkyl carbamates (subject to hydrolysis) is 1. The summed E-state index contributed by atoms with van der Waals surface area (Å²) in [4.78, 5) is 146. The molecule has 9 amide bonds. The number of amides is 9. The number of methoxy groups -OCH3 is 3. The van der Waals surface area contributed by atoms with E-state index in [2.05, 4.69) is 42.5 Å². The second kappa shape index (κ2) is 45.6. The Morgan fingerprint density at radius 2 is 0.773 bits per heavy atom. The third-order valence-corrected chi connectivity index (χ3v) is 16.5. The number of hydrogen-bond donors (Lipinski definition) is 9. The van der Waals surface area contributed by atoms with E-state index in [0.717, 1.165) is 34.4 Å². The van der Waals surface area contributed by atoms with Gasteiger partial charge in [0.15, 0.2) is 34.5 Å². The van der Waals surface area contributed by atoms with Crippen LogP contribution in [0.5, 0.6) is 34.5 Å². The lowest BCUT2D eigenvalue weighted by molar-refractivity contribution is -0.386. The van der Waals surface area contributed by atoms with Crippen LogP contribution in [0.15, 0.2) is 84.9 Å². The Labute approximate surface area is 631 Å². The van der Waals surface area contributed by atoms with Crippen LogP contribution < -0.4 is 76.7 Å². The van der Waals surface area contributed by atoms with Crippen molar-refractivity contribution in [1.82, 2.24) is 42.5 Å². The first-order chi connectivity index (χ1) is 52.8. The Bertz CT molecular complexity index is 3990. The molecule has 0 spiro atoms. The minimum Gasteiger partial charge on any atom is -0.493 e. The van der Waals surface area contributed by atoms with E-state index in [9.17, 15) is 73.5 Å². The number of primary amides is 1. The number of benzene rings is 5. The summed E-state index contributed by atoms with van der Waals surface area (Å²) in [7, 11) is 3.99. The maximum atomic E-state index is 12.8. The molecule has 1 aliphatic rings. The number of nitrogens with one attached hydrogen (secondary N) is 8. The molecule has 0 bridgehead atoms. The quantitative estimate of drug-likeness (QED) is 0.0148. The number of carbonyl (C=O) groups excluding carboxylic acids is 9. The van der Waals surface area contributed by atoms with E-state index in [1.807, 2.05) is 48.5 Å². The molecule has 38 nitrogen and oxygen atoms in total. The molecule has 596 valence electrons. The summed E-state index contributed by atoms with van der Waals surface area (Å²) in [5, 5.41) is 56.6. The first kappa shape index (κ1) is 86.9. The minimum atomic E-state index is -0.966. The van der Waals surface area contributed by atoms with Crippen molar-refractivity contribution in [2.45, 2.75) is 83.3 Å². The molecule has 0 heterocycles. The fourth-order valence-corrected chi connectivity index (χ4v) is 11.1. The summed E-state index contributed by atoms with van der Waals surface area (Å²) >= 11 is 0. The predicted molar refractivity (Wildman–Crippen MR) is 390 cm³/mol. The Kier molecular flexibility index (Phi) is 36.0. The van der Waals surface area contributed by atoms with Gasteiger partial charge in [0.05, 0.1) is 162 Å². The number of hydrogen-bond acceptors (Lipinski definition) is 26. The highest BCUT2D eigenvalue weighted by molar-refractivity contribution is 5.90. The number of nitro groups is 3. The fraction of sp³-hybridized carbons (Fsp3) is 0.458. The van der Waals surface area contributed by atoms with E-state index in [1.165, 1.54) is 59.4 Å². The minimum absolute atomic E-state index is 0.0000370. The van der Waals surface area contributed by atoms with Gasteiger partial charge >= 0.3 is 6.09 Å². The van der Waals surface area contributed by atoms with Crippen LogP contribution in [0.1, 0.15) is 111 Å². The van der Waals surface area contributed by atoms with E-state index in [1.54, 1.807) is 6.92 Å². The van der Waals surface area contributed by atoms with E-state index < -0.39 is 106 Å². The van der Waals surface area contributed by atoms with Gasteiger partial charge in [0.1, 0.15) is 26.4 Å². The van der Waals surface area contributed by atoms with Crippen molar-refractivity contribution in [3.8, 4) is 45.6 Å². The molecular formula is C72H92N12O26. The van der Waals surface area contributed by atoms with Crippen LogP contribution in [0.25, 0.3) is 11.1 Å². The Hall–Kier alpha value is -12.0. The van der Waals surface area contributed by atoms with Gasteiger partial charge in [-0.2, -0.15) is 0 Å². The molecule has 10 N–H and O–H groups in total. The topological polar surface area (TPSA) is 507 Å². The lowest BCUT2D eigenvalue weighted by Gasteiger charge is -2.18. The van der Waals surface area contributed by atoms with Gasteiger partial charge in [-0.3, -0.25) is 68.7 Å². The summed E-state index contributed by atoms with van der Waals surface area (Å²) in [5.74, 6) is -4.14. The molecule has 5 aromatic carbocycles. The maximum absolute atomic E-state index is 12.8. The number of ether oxygens (including phenoxy) is 11. The van der Waals surface area contributed by atoms with Crippen molar-refractivity contribution >= 4 is 70.4 Å². The molecule has 0 aliphatic heterocycles. The lowest BCUT2D eigenvalue weighted by Crippen LogP contribution is -2.44. The monoisotopic (exact) mass is 1540 g/mol. The summed E-state index contributed by atoms with van der Waals surface area (Å²) in [6.45, 7) is 2.87. The van der Waals surface area contributed by atoms with Crippen LogP contribution in [0.3, 0.4) is 0 Å². The van der Waals surface area contributed by atoms with E-state index >= 15 is 0 Å². The molecule has 38 heteroatoms. The summed E-state index contributed by atoms with van der Waals surface area (Å²) in [6.07, 6.45) is -0.000321. The second-order valence-corrected chi connectivity index (χ2v) is 24.4. The number of rotatable bonds is 51. The van der Waals surface area contributed by atoms with Crippen LogP contribution in [0.2, 0.25) is 0 Å². The average molecular weight is 1540 g/mol. The van der Waals surface area contributed by atoms with Crippen LogP contribution in [0.4, 0.5) is 21.9 Å². The third kappa shape index (κ3) is 28.3. The predicted octanol–water partition coefficient (Wildman–Crippen LogP) is 4.40. The van der Waals surface area contributed by atoms with Crippen LogP contribution in [-0.4, -0.2) is 201 Å². The van der Waals surface area contributed by atoms with Gasteiger partial charge in [-0.25, -0.2) is 4.79 Å². The third-order valence-electron chi connectivity index (χ3n) is 16.5. The van der Waals surface area contributed by atoms with Gasteiger partial charge in [0.25, 0.3) is 17.1 Å². The van der Waals surface area contributed by atoms with E-state index in [4.69, 9.17) is 57.8 Å². The van der Waals surface area contributed by atoms with Crippen molar-refractivity contribution in [3.05, 3.63) is 143 Å². The zero-order chi connectivity index (χ0) is 80.1. The fourth-order valence-electron chi connectivity index (χ4n) is 11.1. The standard InChI is InChI=1S/C72H92N12O26/c1-44(79-69(90)40-77-67(88)38-76-68(89)39-78-72(93)110-41-54-49-16-9-7-14-47(49)48-15-8-10-17-50(48)54)51-32-58(100-4)62(35-55(51)82(94)95)108-24-12-19-65(86)74-21-26-103-29-31-106-43-71(92)81-46(3)53-34-60(102-6)63(37-57(53)84(98)99)109-25-13-20-66(87)75-22-27-104-28-30-105-42-70(91)80-45(2)52-33-59(101-5)61(36-56(52)83(96)97)107-23-11-18-64(73)85/h7-10,14-17,32-37,44-46,54H,11-13,18-31,38-43H2,1-6H3,(H2,73,85)(H,74,86)(H,75,87)(H,76,89)(H,77,88)(H,78,93)(H,79,90)(H,80,91)(H,81,92). The summed E-state index contributed by atoms with van der Waals surface area (Å²) < 4.78 is 60.5. The Morgan fingerprint density at radius 3 is 1.15 bits per heavy atom. The smallest absolute Gasteiger partial charge is 0.407 e. The summed E-state index contributed by atoms with van der Waals surface area (Å²) in [5.41, 5.74) is 8.50. The van der Waals surface area contributed by atoms with Gasteiger partial charge in [0.2, 0.25) is 47.3 Å². The number of carbonyl (C=O) groups is 9. The molecule has 110 heavy (non-hydrogen) atoms. The Morgan fingerprint density at radius 1 is 0.418 bits per heavy atom. The van der Waals surface area contributed by atoms with Crippen LogP contribution in [0, 0.1) is 30.3 Å². The second-order valence-electron chi connectivity index (χ2n) is 24.4. The Balaban J connectivity index is 0.775. The van der Waals surface area contributed by atoms with E-state index in [-0.39, 0.29) is 198 Å². The van der Waals surface area contributed by atoms with Crippen molar-refractivity contribution in [2.24, 2.45) is 5.73 Å². The average Bonchev–Trinajstić information content (AvgIpc) is 1.66. The summed E-state index contributed by atoms with van der Waals surface area (Å²) in [6, 6.07) is 20.5. The molecule has 0 saturated heterocycles. The molecule has 0 radical (unpaired) electrons. The maximum Gasteiger partial charge on any atom is 0.407 e.